The number of anilines is 1. The summed E-state index contributed by atoms with van der Waals surface area (Å²) in [6.07, 6.45) is 4.90. The van der Waals surface area contributed by atoms with Crippen LogP contribution in [0.4, 0.5) is 5.69 Å². The average molecular weight is 451 g/mol. The molecule has 4 heterocycles. The Kier molecular flexibility index (Phi) is 6.33. The van der Waals surface area contributed by atoms with Crippen molar-refractivity contribution in [2.75, 3.05) is 18.0 Å². The number of pyridine rings is 2. The summed E-state index contributed by atoms with van der Waals surface area (Å²) in [5, 5.41) is 6.27. The van der Waals surface area contributed by atoms with Crippen LogP contribution in [0.15, 0.2) is 30.6 Å². The molecule has 0 atom stereocenters. The van der Waals surface area contributed by atoms with Crippen LogP contribution in [0, 0.1) is 25.7 Å². The number of hydrogen-bond donors (Lipinski definition) is 0. The van der Waals surface area contributed by atoms with Crippen LogP contribution in [0.5, 0.6) is 0 Å². The number of halogens is 1. The molecule has 32 heavy (non-hydrogen) atoms. The third kappa shape index (κ3) is 4.56. The Hall–Kier alpha value is -2.73. The summed E-state index contributed by atoms with van der Waals surface area (Å²) in [6, 6.07) is 5.99. The van der Waals surface area contributed by atoms with Crippen LogP contribution >= 0.6 is 11.6 Å². The predicted octanol–water partition coefficient (Wildman–Crippen LogP) is 6.12. The van der Waals surface area contributed by atoms with E-state index in [0.29, 0.717) is 22.5 Å². The second kappa shape index (κ2) is 9.02. The molecule has 0 aromatic carbocycles. The van der Waals surface area contributed by atoms with Crippen molar-refractivity contribution in [3.05, 3.63) is 46.9 Å². The predicted molar refractivity (Wildman–Crippen MR) is 133 cm³/mol. The molecular weight excluding hydrogens is 420 g/mol. The van der Waals surface area contributed by atoms with E-state index < -0.39 is 0 Å². The van der Waals surface area contributed by atoms with Gasteiger partial charge in [0.15, 0.2) is 11.3 Å². The fraction of sp³-hybridized carbons (Fsp3) is 0.440. The monoisotopic (exact) mass is 450 g/mol. The minimum atomic E-state index is 0.533. The average Bonchev–Trinajstić information content (AvgIpc) is 3.12. The van der Waals surface area contributed by atoms with Gasteiger partial charge in [-0.25, -0.2) is 19.5 Å². The van der Waals surface area contributed by atoms with Gasteiger partial charge in [-0.05, 0) is 55.9 Å². The summed E-state index contributed by atoms with van der Waals surface area (Å²) in [7, 11) is 0. The van der Waals surface area contributed by atoms with E-state index in [1.165, 1.54) is 0 Å². The van der Waals surface area contributed by atoms with Crippen LogP contribution in [0.3, 0.4) is 0 Å². The lowest BCUT2D eigenvalue weighted by atomic mass is 10.1. The lowest BCUT2D eigenvalue weighted by Gasteiger charge is -2.28. The molecule has 0 unspecified atom stereocenters. The highest BCUT2D eigenvalue weighted by atomic mass is 35.5. The van der Waals surface area contributed by atoms with Gasteiger partial charge in [-0.2, -0.15) is 5.10 Å². The number of fused-ring (bicyclic) bond motifs is 2. The number of rotatable bonds is 7. The zero-order chi connectivity index (χ0) is 23.0. The van der Waals surface area contributed by atoms with E-state index in [2.05, 4.69) is 42.6 Å². The number of nitrogens with zero attached hydrogens (tertiary/aromatic N) is 6. The second-order valence-electron chi connectivity index (χ2n) is 9.41. The van der Waals surface area contributed by atoms with E-state index in [1.807, 2.05) is 49.0 Å². The quantitative estimate of drug-likeness (QED) is 0.339. The maximum absolute atomic E-state index is 6.89. The van der Waals surface area contributed by atoms with Crippen LogP contribution < -0.4 is 4.90 Å². The number of aromatic nitrogens is 5. The highest BCUT2D eigenvalue weighted by molar-refractivity contribution is 6.37. The fourth-order valence-electron chi connectivity index (χ4n) is 3.93. The van der Waals surface area contributed by atoms with Crippen molar-refractivity contribution < 1.29 is 0 Å². The van der Waals surface area contributed by atoms with E-state index in [0.717, 1.165) is 58.9 Å². The van der Waals surface area contributed by atoms with Gasteiger partial charge >= 0.3 is 0 Å². The van der Waals surface area contributed by atoms with Crippen molar-refractivity contribution in [3.63, 3.8) is 0 Å². The topological polar surface area (TPSA) is 59.2 Å². The SMILES string of the molecule is Cc1cn2nc(-c3ccc4c(Cl)c(N(CCC(C)C)CC(C)C)cnc4n3)cc(C)c2n1. The summed E-state index contributed by atoms with van der Waals surface area (Å²) >= 11 is 6.89. The Morgan fingerprint density at radius 1 is 1.03 bits per heavy atom. The number of hydrogen-bond acceptors (Lipinski definition) is 5. The third-order valence-corrected chi connectivity index (χ3v) is 5.94. The molecule has 4 aromatic heterocycles. The van der Waals surface area contributed by atoms with Gasteiger partial charge < -0.3 is 4.90 Å². The zero-order valence-electron chi connectivity index (χ0n) is 19.7. The Labute approximate surface area is 194 Å². The first kappa shape index (κ1) is 22.5. The standard InChI is InChI=1S/C25H31ClN6/c1-15(2)9-10-31(13-16(3)4)22-12-27-24-19(23(22)26)7-8-20(29-24)21-11-17(5)25-28-18(6)14-32(25)30-21/h7-8,11-12,14-16H,9-10,13H2,1-6H3. The molecule has 0 N–H and O–H groups in total. The molecule has 0 radical (unpaired) electrons. The lowest BCUT2D eigenvalue weighted by molar-refractivity contribution is 0.541. The first-order chi connectivity index (χ1) is 15.2. The Morgan fingerprint density at radius 3 is 2.53 bits per heavy atom. The van der Waals surface area contributed by atoms with Crippen LogP contribution in [0.2, 0.25) is 5.02 Å². The Morgan fingerprint density at radius 2 is 1.81 bits per heavy atom. The van der Waals surface area contributed by atoms with E-state index in [9.17, 15) is 0 Å². The highest BCUT2D eigenvalue weighted by Crippen LogP contribution is 2.33. The van der Waals surface area contributed by atoms with Gasteiger partial charge in [0.1, 0.15) is 5.69 Å². The number of imidazole rings is 1. The molecule has 0 aliphatic heterocycles. The molecule has 7 heteroatoms. The molecule has 0 saturated carbocycles. The van der Waals surface area contributed by atoms with E-state index >= 15 is 0 Å². The first-order valence-electron chi connectivity index (χ1n) is 11.3. The molecule has 168 valence electrons. The summed E-state index contributed by atoms with van der Waals surface area (Å²) in [5.41, 5.74) is 6.02. The molecule has 6 nitrogen and oxygen atoms in total. The van der Waals surface area contributed by atoms with Gasteiger partial charge in [-0.1, -0.05) is 39.3 Å². The molecule has 0 bridgehead atoms. The van der Waals surface area contributed by atoms with Gasteiger partial charge in [0, 0.05) is 18.5 Å². The number of aryl methyl sites for hydroxylation is 2. The summed E-state index contributed by atoms with van der Waals surface area (Å²) in [4.78, 5) is 16.4. The van der Waals surface area contributed by atoms with Gasteiger partial charge in [-0.3, -0.25) is 0 Å². The smallest absolute Gasteiger partial charge is 0.161 e. The molecule has 0 spiro atoms. The third-order valence-electron chi connectivity index (χ3n) is 5.54. The molecule has 0 amide bonds. The van der Waals surface area contributed by atoms with Gasteiger partial charge in [0.05, 0.1) is 34.5 Å². The maximum Gasteiger partial charge on any atom is 0.161 e. The van der Waals surface area contributed by atoms with E-state index in [-0.39, 0.29) is 0 Å². The fourth-order valence-corrected chi connectivity index (χ4v) is 4.25. The van der Waals surface area contributed by atoms with Crippen LogP contribution in [0.25, 0.3) is 28.1 Å². The second-order valence-corrected chi connectivity index (χ2v) is 9.79. The Balaban J connectivity index is 1.73. The summed E-state index contributed by atoms with van der Waals surface area (Å²) in [5.74, 6) is 1.17. The van der Waals surface area contributed by atoms with E-state index in [1.54, 1.807) is 0 Å². The largest absolute Gasteiger partial charge is 0.369 e. The molecule has 0 aliphatic rings. The van der Waals surface area contributed by atoms with Crippen LogP contribution in [-0.2, 0) is 0 Å². The molecule has 0 saturated heterocycles. The maximum atomic E-state index is 6.89. The minimum absolute atomic E-state index is 0.533. The van der Waals surface area contributed by atoms with Crippen molar-refractivity contribution in [3.8, 4) is 11.4 Å². The molecule has 4 aromatic rings. The van der Waals surface area contributed by atoms with Crippen molar-refractivity contribution in [2.24, 2.45) is 11.8 Å². The van der Waals surface area contributed by atoms with Gasteiger partial charge in [0.2, 0.25) is 0 Å². The van der Waals surface area contributed by atoms with Gasteiger partial charge in [0.25, 0.3) is 0 Å². The van der Waals surface area contributed by atoms with Crippen molar-refractivity contribution in [1.29, 1.82) is 0 Å². The summed E-state index contributed by atoms with van der Waals surface area (Å²) < 4.78 is 1.81. The minimum Gasteiger partial charge on any atom is -0.369 e. The van der Waals surface area contributed by atoms with Crippen molar-refractivity contribution in [1.82, 2.24) is 24.6 Å². The zero-order valence-corrected chi connectivity index (χ0v) is 20.5. The lowest BCUT2D eigenvalue weighted by Crippen LogP contribution is -2.30. The normalized spacial score (nSPS) is 11.9. The van der Waals surface area contributed by atoms with Crippen LogP contribution in [-0.4, -0.2) is 37.7 Å². The first-order valence-corrected chi connectivity index (χ1v) is 11.6. The molecule has 0 aliphatic carbocycles. The van der Waals surface area contributed by atoms with Crippen LogP contribution in [0.1, 0.15) is 45.4 Å². The van der Waals surface area contributed by atoms with Crippen molar-refractivity contribution in [2.45, 2.75) is 48.0 Å². The summed E-state index contributed by atoms with van der Waals surface area (Å²) in [6.45, 7) is 14.9. The molecular formula is C25H31ClN6. The molecule has 0 fully saturated rings. The Bertz CT molecular complexity index is 1260. The van der Waals surface area contributed by atoms with E-state index in [4.69, 9.17) is 21.7 Å². The molecule has 4 rings (SSSR count). The highest BCUT2D eigenvalue weighted by Gasteiger charge is 2.17. The van der Waals surface area contributed by atoms with Crippen molar-refractivity contribution >= 4 is 34.0 Å². The van der Waals surface area contributed by atoms with Gasteiger partial charge in [-0.15, -0.1) is 0 Å².